The molecule has 4 rings (SSSR count). The maximum atomic E-state index is 12.7. The number of aromatic amines is 1. The van der Waals surface area contributed by atoms with Crippen molar-refractivity contribution in [3.63, 3.8) is 0 Å². The molecule has 1 aliphatic heterocycles. The number of urea groups is 1. The van der Waals surface area contributed by atoms with Crippen LogP contribution in [0.3, 0.4) is 0 Å². The highest BCUT2D eigenvalue weighted by Gasteiger charge is 2.34. The van der Waals surface area contributed by atoms with Gasteiger partial charge in [0.2, 0.25) is 0 Å². The van der Waals surface area contributed by atoms with Gasteiger partial charge in [-0.2, -0.15) is 0 Å². The monoisotopic (exact) mass is 349 g/mol. The van der Waals surface area contributed by atoms with Gasteiger partial charge >= 0.3 is 6.03 Å². The van der Waals surface area contributed by atoms with E-state index in [0.29, 0.717) is 13.1 Å². The molecule has 2 heterocycles. The number of hydrogen-bond acceptors (Lipinski definition) is 2. The average molecular weight is 349 g/mol. The summed E-state index contributed by atoms with van der Waals surface area (Å²) in [6.45, 7) is 3.25. The fraction of sp³-hybridized carbons (Fsp3) is 0.286. The maximum absolute atomic E-state index is 12.7. The predicted octanol–water partition coefficient (Wildman–Crippen LogP) is 3.85. The number of hydrogen-bond donors (Lipinski definition) is 2. The zero-order chi connectivity index (χ0) is 18.1. The summed E-state index contributed by atoms with van der Waals surface area (Å²) < 4.78 is 5.29. The molecule has 0 radical (unpaired) electrons. The van der Waals surface area contributed by atoms with E-state index in [0.717, 1.165) is 28.9 Å². The number of carbonyl (C=O) groups excluding carboxylic acids is 1. The first-order valence-electron chi connectivity index (χ1n) is 9.00. The quantitative estimate of drug-likeness (QED) is 0.754. The molecule has 5 nitrogen and oxygen atoms in total. The number of rotatable bonds is 3. The second kappa shape index (κ2) is 6.75. The van der Waals surface area contributed by atoms with Crippen LogP contribution in [0.2, 0.25) is 0 Å². The van der Waals surface area contributed by atoms with Gasteiger partial charge in [-0.05, 0) is 42.7 Å². The van der Waals surface area contributed by atoms with Gasteiger partial charge in [0, 0.05) is 29.7 Å². The first-order valence-corrected chi connectivity index (χ1v) is 9.00. The Morgan fingerprint density at radius 1 is 1.23 bits per heavy atom. The molecule has 26 heavy (non-hydrogen) atoms. The summed E-state index contributed by atoms with van der Waals surface area (Å²) >= 11 is 0. The average Bonchev–Trinajstić information content (AvgIpc) is 3.06. The Bertz CT molecular complexity index is 930. The van der Waals surface area contributed by atoms with Crippen LogP contribution in [0.1, 0.15) is 29.8 Å². The Morgan fingerprint density at radius 2 is 2.00 bits per heavy atom. The van der Waals surface area contributed by atoms with Crippen molar-refractivity contribution >= 4 is 16.9 Å². The fourth-order valence-corrected chi connectivity index (χ4v) is 3.85. The number of para-hydroxylation sites is 1. The van der Waals surface area contributed by atoms with E-state index in [2.05, 4.69) is 28.5 Å². The Morgan fingerprint density at radius 3 is 2.73 bits per heavy atom. The number of amides is 2. The number of fused-ring (bicyclic) bond motifs is 3. The number of aromatic nitrogens is 1. The minimum atomic E-state index is -0.136. The van der Waals surface area contributed by atoms with E-state index in [4.69, 9.17) is 4.74 Å². The van der Waals surface area contributed by atoms with E-state index >= 15 is 0 Å². The molecular weight excluding hydrogens is 326 g/mol. The first kappa shape index (κ1) is 16.5. The summed E-state index contributed by atoms with van der Waals surface area (Å²) in [5, 5.41) is 4.20. The Labute approximate surface area is 153 Å². The highest BCUT2D eigenvalue weighted by atomic mass is 16.5. The lowest BCUT2D eigenvalue weighted by molar-refractivity contribution is 0.180. The normalized spacial score (nSPS) is 16.4. The van der Waals surface area contributed by atoms with Gasteiger partial charge < -0.3 is 19.9 Å². The van der Waals surface area contributed by atoms with E-state index < -0.39 is 0 Å². The second-order valence-electron chi connectivity index (χ2n) is 6.52. The highest BCUT2D eigenvalue weighted by Crippen LogP contribution is 2.38. The molecule has 5 heteroatoms. The van der Waals surface area contributed by atoms with Crippen molar-refractivity contribution in [3.05, 3.63) is 65.4 Å². The first-order chi connectivity index (χ1) is 12.7. The van der Waals surface area contributed by atoms with Crippen LogP contribution in [-0.2, 0) is 6.42 Å². The molecule has 1 unspecified atom stereocenters. The molecule has 2 aromatic carbocycles. The lowest BCUT2D eigenvalue weighted by atomic mass is 9.92. The topological polar surface area (TPSA) is 57.4 Å². The number of nitrogens with one attached hydrogen (secondary N) is 2. The molecule has 0 fully saturated rings. The molecule has 2 amide bonds. The van der Waals surface area contributed by atoms with Crippen molar-refractivity contribution < 1.29 is 9.53 Å². The molecule has 0 saturated heterocycles. The van der Waals surface area contributed by atoms with Gasteiger partial charge in [-0.15, -0.1) is 0 Å². The molecule has 1 aromatic heterocycles. The van der Waals surface area contributed by atoms with Gasteiger partial charge in [-0.3, -0.25) is 0 Å². The van der Waals surface area contributed by atoms with Crippen molar-refractivity contribution in [3.8, 4) is 5.75 Å². The van der Waals surface area contributed by atoms with E-state index in [9.17, 15) is 4.79 Å². The Kier molecular flexibility index (Phi) is 4.29. The smallest absolute Gasteiger partial charge is 0.318 e. The number of benzene rings is 2. The number of carbonyl (C=O) groups is 1. The summed E-state index contributed by atoms with van der Waals surface area (Å²) in [6, 6.07) is 16.1. The largest absolute Gasteiger partial charge is 0.497 e. The van der Waals surface area contributed by atoms with Crippen LogP contribution in [0.5, 0.6) is 5.75 Å². The molecule has 0 bridgehead atoms. The third-order valence-electron chi connectivity index (χ3n) is 5.05. The summed E-state index contributed by atoms with van der Waals surface area (Å²) in [4.78, 5) is 18.2. The van der Waals surface area contributed by atoms with Gasteiger partial charge in [0.25, 0.3) is 0 Å². The number of methoxy groups -OCH3 is 1. The minimum Gasteiger partial charge on any atom is -0.497 e. The van der Waals surface area contributed by atoms with Crippen molar-refractivity contribution in [2.24, 2.45) is 0 Å². The standard InChI is InChI=1S/C21H23N3O2/c1-3-22-21(25)24-13-12-17-16-6-4-5-7-18(16)23-19(17)20(24)14-8-10-15(26-2)11-9-14/h4-11,20,23H,3,12-13H2,1-2H3,(H,22,25). The highest BCUT2D eigenvalue weighted by molar-refractivity contribution is 5.86. The summed E-state index contributed by atoms with van der Waals surface area (Å²) in [6.07, 6.45) is 0.850. The molecule has 0 saturated carbocycles. The van der Waals surface area contributed by atoms with Crippen LogP contribution < -0.4 is 10.1 Å². The number of nitrogens with zero attached hydrogens (tertiary/aromatic N) is 1. The van der Waals surface area contributed by atoms with Crippen molar-refractivity contribution in [2.45, 2.75) is 19.4 Å². The Balaban J connectivity index is 1.84. The zero-order valence-electron chi connectivity index (χ0n) is 15.1. The van der Waals surface area contributed by atoms with Gasteiger partial charge in [0.1, 0.15) is 5.75 Å². The molecule has 2 N–H and O–H groups in total. The third kappa shape index (κ3) is 2.69. The van der Waals surface area contributed by atoms with Gasteiger partial charge in [0.05, 0.1) is 13.2 Å². The third-order valence-corrected chi connectivity index (χ3v) is 5.05. The molecule has 134 valence electrons. The van der Waals surface area contributed by atoms with Crippen LogP contribution in [0.4, 0.5) is 4.79 Å². The maximum Gasteiger partial charge on any atom is 0.318 e. The van der Waals surface area contributed by atoms with Crippen LogP contribution in [0.15, 0.2) is 48.5 Å². The van der Waals surface area contributed by atoms with E-state index in [1.54, 1.807) is 7.11 Å². The molecule has 1 aliphatic rings. The van der Waals surface area contributed by atoms with Crippen LogP contribution in [0.25, 0.3) is 10.9 Å². The molecule has 3 aromatic rings. The predicted molar refractivity (Wildman–Crippen MR) is 103 cm³/mol. The van der Waals surface area contributed by atoms with E-state index in [1.165, 1.54) is 10.9 Å². The molecule has 0 spiro atoms. The van der Waals surface area contributed by atoms with Gasteiger partial charge in [-0.1, -0.05) is 30.3 Å². The van der Waals surface area contributed by atoms with Crippen molar-refractivity contribution in [1.82, 2.24) is 15.2 Å². The zero-order valence-corrected chi connectivity index (χ0v) is 15.1. The van der Waals surface area contributed by atoms with Crippen LogP contribution >= 0.6 is 0 Å². The minimum absolute atomic E-state index is 0.0300. The van der Waals surface area contributed by atoms with Gasteiger partial charge in [0.15, 0.2) is 0 Å². The summed E-state index contributed by atoms with van der Waals surface area (Å²) in [5.74, 6) is 0.811. The summed E-state index contributed by atoms with van der Waals surface area (Å²) in [5.41, 5.74) is 4.61. The molecular formula is C21H23N3O2. The second-order valence-corrected chi connectivity index (χ2v) is 6.52. The van der Waals surface area contributed by atoms with Crippen LogP contribution in [0, 0.1) is 0 Å². The SMILES string of the molecule is CCNC(=O)N1CCc2c([nH]c3ccccc23)C1c1ccc(OC)cc1. The fourth-order valence-electron chi connectivity index (χ4n) is 3.85. The number of H-pyrrole nitrogens is 1. The van der Waals surface area contributed by atoms with Gasteiger partial charge in [-0.25, -0.2) is 4.79 Å². The number of ether oxygens (including phenoxy) is 1. The molecule has 0 aliphatic carbocycles. The lowest BCUT2D eigenvalue weighted by Crippen LogP contribution is -2.46. The lowest BCUT2D eigenvalue weighted by Gasteiger charge is -2.36. The van der Waals surface area contributed by atoms with Crippen molar-refractivity contribution in [2.75, 3.05) is 20.2 Å². The Hall–Kier alpha value is -2.95. The molecule has 1 atom stereocenters. The van der Waals surface area contributed by atoms with E-state index in [1.807, 2.05) is 42.2 Å². The van der Waals surface area contributed by atoms with Crippen LogP contribution in [-0.4, -0.2) is 36.1 Å². The van der Waals surface area contributed by atoms with Crippen molar-refractivity contribution in [1.29, 1.82) is 0 Å². The van der Waals surface area contributed by atoms with E-state index in [-0.39, 0.29) is 12.1 Å². The summed E-state index contributed by atoms with van der Waals surface area (Å²) in [7, 11) is 1.66.